The number of hydrogen-bond acceptors (Lipinski definition) is 4. The molecule has 1 saturated heterocycles. The Labute approximate surface area is 146 Å². The van der Waals surface area contributed by atoms with Crippen molar-refractivity contribution in [3.05, 3.63) is 30.0 Å². The van der Waals surface area contributed by atoms with Gasteiger partial charge in [0.15, 0.2) is 5.69 Å². The van der Waals surface area contributed by atoms with Gasteiger partial charge in [0.05, 0.1) is 5.52 Å². The maximum Gasteiger partial charge on any atom is 0.407 e. The fraction of sp³-hybridized carbons (Fsp3) is 0.500. The zero-order valence-corrected chi connectivity index (χ0v) is 14.8. The fourth-order valence-electron chi connectivity index (χ4n) is 3.00. The Morgan fingerprint density at radius 1 is 1.36 bits per heavy atom. The Hall–Kier alpha value is -2.57. The van der Waals surface area contributed by atoms with Gasteiger partial charge in [-0.25, -0.2) is 4.79 Å². The van der Waals surface area contributed by atoms with Gasteiger partial charge in [-0.05, 0) is 39.2 Å². The number of nitrogens with one attached hydrogen (secondary N) is 2. The molecule has 0 aliphatic carbocycles. The average Bonchev–Trinajstić information content (AvgIpc) is 3.18. The van der Waals surface area contributed by atoms with E-state index in [0.29, 0.717) is 25.3 Å². The molecule has 1 atom stereocenters. The van der Waals surface area contributed by atoms with Gasteiger partial charge in [0.1, 0.15) is 5.60 Å². The summed E-state index contributed by atoms with van der Waals surface area (Å²) in [5, 5.41) is 10.7. The van der Waals surface area contributed by atoms with Crippen LogP contribution in [0.2, 0.25) is 0 Å². The van der Waals surface area contributed by atoms with E-state index < -0.39 is 11.7 Å². The Kier molecular flexibility index (Phi) is 4.65. The summed E-state index contributed by atoms with van der Waals surface area (Å²) in [5.41, 5.74) is 0.799. The van der Waals surface area contributed by atoms with Gasteiger partial charge >= 0.3 is 6.09 Å². The topological polar surface area (TPSA) is 87.3 Å². The van der Waals surface area contributed by atoms with Crippen LogP contribution in [0.15, 0.2) is 24.3 Å². The first-order valence-electron chi connectivity index (χ1n) is 8.53. The van der Waals surface area contributed by atoms with E-state index in [9.17, 15) is 9.59 Å². The maximum absolute atomic E-state index is 12.7. The lowest BCUT2D eigenvalue weighted by atomic mass is 10.1. The zero-order valence-electron chi connectivity index (χ0n) is 14.8. The molecule has 1 aliphatic heterocycles. The summed E-state index contributed by atoms with van der Waals surface area (Å²) in [6.45, 7) is 7.26. The third-order valence-corrected chi connectivity index (χ3v) is 4.18. The minimum absolute atomic E-state index is 0.0720. The number of rotatable bonds is 3. The van der Waals surface area contributed by atoms with Gasteiger partial charge in [0.2, 0.25) is 0 Å². The van der Waals surface area contributed by atoms with E-state index in [1.54, 1.807) is 4.90 Å². The first-order valence-corrected chi connectivity index (χ1v) is 8.53. The smallest absolute Gasteiger partial charge is 0.407 e. The largest absolute Gasteiger partial charge is 0.444 e. The van der Waals surface area contributed by atoms with Crippen LogP contribution in [0.4, 0.5) is 4.79 Å². The Balaban J connectivity index is 1.56. The molecule has 2 heterocycles. The molecule has 2 N–H and O–H groups in total. The summed E-state index contributed by atoms with van der Waals surface area (Å²) in [4.78, 5) is 26.3. The van der Waals surface area contributed by atoms with Crippen LogP contribution in [0.3, 0.4) is 0 Å². The molecule has 1 aromatic heterocycles. The Bertz CT molecular complexity index is 778. The molecule has 0 unspecified atom stereocenters. The number of para-hydroxylation sites is 1. The Morgan fingerprint density at radius 3 is 2.88 bits per heavy atom. The summed E-state index contributed by atoms with van der Waals surface area (Å²) >= 11 is 0. The predicted octanol–water partition coefficient (Wildman–Crippen LogP) is 2.55. The van der Waals surface area contributed by atoms with Crippen LogP contribution < -0.4 is 5.32 Å². The van der Waals surface area contributed by atoms with Gasteiger partial charge in [-0.15, -0.1) is 0 Å². The van der Waals surface area contributed by atoms with Gasteiger partial charge in [-0.3, -0.25) is 9.89 Å². The van der Waals surface area contributed by atoms with Crippen LogP contribution in [0.25, 0.3) is 10.9 Å². The first-order chi connectivity index (χ1) is 11.8. The summed E-state index contributed by atoms with van der Waals surface area (Å²) in [5.74, 6) is 0.152. The van der Waals surface area contributed by atoms with Crippen molar-refractivity contribution in [2.75, 3.05) is 19.6 Å². The van der Waals surface area contributed by atoms with E-state index in [-0.39, 0.29) is 11.8 Å². The molecule has 0 radical (unpaired) electrons. The van der Waals surface area contributed by atoms with Gasteiger partial charge in [0.25, 0.3) is 5.91 Å². The molecule has 2 amide bonds. The lowest BCUT2D eigenvalue weighted by Crippen LogP contribution is -2.36. The van der Waals surface area contributed by atoms with E-state index in [1.807, 2.05) is 45.0 Å². The van der Waals surface area contributed by atoms with Gasteiger partial charge < -0.3 is 15.0 Å². The molecule has 1 aliphatic rings. The standard InChI is InChI=1S/C18H24N4O3/c1-18(2,3)25-17(24)19-10-12-8-9-22(11-12)16(23)15-13-6-4-5-7-14(13)20-21-15/h4-7,12H,8-11H2,1-3H3,(H,19,24)(H,20,21)/t12-/m0/s1. The van der Waals surface area contributed by atoms with Crippen LogP contribution in [0.5, 0.6) is 0 Å². The highest BCUT2D eigenvalue weighted by Crippen LogP contribution is 2.21. The number of aromatic nitrogens is 2. The highest BCUT2D eigenvalue weighted by atomic mass is 16.6. The normalized spacial score (nSPS) is 17.7. The minimum Gasteiger partial charge on any atom is -0.444 e. The fourth-order valence-corrected chi connectivity index (χ4v) is 3.00. The molecule has 1 fully saturated rings. The molecule has 0 spiro atoms. The van der Waals surface area contributed by atoms with Crippen molar-refractivity contribution in [3.63, 3.8) is 0 Å². The number of hydrogen-bond donors (Lipinski definition) is 2. The quantitative estimate of drug-likeness (QED) is 0.896. The first kappa shape index (κ1) is 17.3. The van der Waals surface area contributed by atoms with Crippen LogP contribution >= 0.6 is 0 Å². The van der Waals surface area contributed by atoms with Crippen LogP contribution in [0, 0.1) is 5.92 Å². The third kappa shape index (κ3) is 4.10. The van der Waals surface area contributed by atoms with Crippen molar-refractivity contribution in [3.8, 4) is 0 Å². The lowest BCUT2D eigenvalue weighted by Gasteiger charge is -2.20. The third-order valence-electron chi connectivity index (χ3n) is 4.18. The predicted molar refractivity (Wildman–Crippen MR) is 94.3 cm³/mol. The number of carbonyl (C=O) groups excluding carboxylic acids is 2. The van der Waals surface area contributed by atoms with Gasteiger partial charge in [0, 0.05) is 25.0 Å². The SMILES string of the molecule is CC(C)(C)OC(=O)NC[C@@H]1CCN(C(=O)c2n[nH]c3ccccc23)C1. The molecule has 2 aromatic rings. The van der Waals surface area contributed by atoms with Crippen molar-refractivity contribution in [1.82, 2.24) is 20.4 Å². The molecule has 0 bridgehead atoms. The van der Waals surface area contributed by atoms with E-state index in [4.69, 9.17) is 4.74 Å². The van der Waals surface area contributed by atoms with E-state index in [1.165, 1.54) is 0 Å². The maximum atomic E-state index is 12.7. The molecule has 1 aromatic carbocycles. The number of amides is 2. The summed E-state index contributed by atoms with van der Waals surface area (Å²) < 4.78 is 5.23. The molecular weight excluding hydrogens is 320 g/mol. The van der Waals surface area contributed by atoms with Crippen molar-refractivity contribution in [2.24, 2.45) is 5.92 Å². The van der Waals surface area contributed by atoms with Crippen LogP contribution in [-0.4, -0.2) is 52.3 Å². The molecule has 3 rings (SSSR count). The van der Waals surface area contributed by atoms with Gasteiger partial charge in [-0.1, -0.05) is 18.2 Å². The van der Waals surface area contributed by atoms with E-state index >= 15 is 0 Å². The number of fused-ring (bicyclic) bond motifs is 1. The summed E-state index contributed by atoms with van der Waals surface area (Å²) in [6, 6.07) is 7.59. The molecule has 7 heteroatoms. The zero-order chi connectivity index (χ0) is 18.0. The van der Waals surface area contributed by atoms with Crippen molar-refractivity contribution >= 4 is 22.9 Å². The summed E-state index contributed by atoms with van der Waals surface area (Å²) in [6.07, 6.45) is 0.430. The number of alkyl carbamates (subject to hydrolysis) is 1. The van der Waals surface area contributed by atoms with Crippen LogP contribution in [-0.2, 0) is 4.74 Å². The number of H-pyrrole nitrogens is 1. The van der Waals surface area contributed by atoms with Crippen LogP contribution in [0.1, 0.15) is 37.7 Å². The Morgan fingerprint density at radius 2 is 2.12 bits per heavy atom. The molecular formula is C18H24N4O3. The second-order valence-electron chi connectivity index (χ2n) is 7.41. The lowest BCUT2D eigenvalue weighted by molar-refractivity contribution is 0.0520. The van der Waals surface area contributed by atoms with Crippen molar-refractivity contribution in [2.45, 2.75) is 32.8 Å². The van der Waals surface area contributed by atoms with E-state index in [0.717, 1.165) is 17.3 Å². The molecule has 25 heavy (non-hydrogen) atoms. The highest BCUT2D eigenvalue weighted by molar-refractivity contribution is 6.04. The minimum atomic E-state index is -0.511. The second kappa shape index (κ2) is 6.74. The number of likely N-dealkylation sites (tertiary alicyclic amines) is 1. The van der Waals surface area contributed by atoms with Gasteiger partial charge in [-0.2, -0.15) is 5.10 Å². The van der Waals surface area contributed by atoms with E-state index in [2.05, 4.69) is 15.5 Å². The number of aromatic amines is 1. The number of ether oxygens (including phenoxy) is 1. The highest BCUT2D eigenvalue weighted by Gasteiger charge is 2.29. The number of carbonyl (C=O) groups is 2. The molecule has 0 saturated carbocycles. The number of nitrogens with zero attached hydrogens (tertiary/aromatic N) is 2. The van der Waals surface area contributed by atoms with Crippen molar-refractivity contribution in [1.29, 1.82) is 0 Å². The second-order valence-corrected chi connectivity index (χ2v) is 7.41. The average molecular weight is 344 g/mol. The molecule has 134 valence electrons. The van der Waals surface area contributed by atoms with Crippen molar-refractivity contribution < 1.29 is 14.3 Å². The summed E-state index contributed by atoms with van der Waals surface area (Å²) in [7, 11) is 0. The molecule has 7 nitrogen and oxygen atoms in total. The monoisotopic (exact) mass is 344 g/mol. The number of benzene rings is 1.